The fourth-order valence-electron chi connectivity index (χ4n) is 2.48. The molecule has 0 bridgehead atoms. The number of thiophene rings is 1. The SMILES string of the molecule is CCCNCc1sc2c(Cl)cccc2c1C1CC1. The molecule has 1 fully saturated rings. The lowest BCUT2D eigenvalue weighted by Crippen LogP contribution is -2.13. The first-order chi connectivity index (χ1) is 8.81. The van der Waals surface area contributed by atoms with Gasteiger partial charge >= 0.3 is 0 Å². The summed E-state index contributed by atoms with van der Waals surface area (Å²) in [6.45, 7) is 4.29. The van der Waals surface area contributed by atoms with Crippen LogP contribution in [-0.4, -0.2) is 6.54 Å². The van der Waals surface area contributed by atoms with Crippen molar-refractivity contribution in [2.45, 2.75) is 38.6 Å². The Morgan fingerprint density at radius 3 is 2.94 bits per heavy atom. The molecule has 0 aliphatic heterocycles. The summed E-state index contributed by atoms with van der Waals surface area (Å²) >= 11 is 8.19. The molecule has 1 saturated carbocycles. The molecule has 1 heterocycles. The Labute approximate surface area is 117 Å². The monoisotopic (exact) mass is 279 g/mol. The average molecular weight is 280 g/mol. The van der Waals surface area contributed by atoms with Crippen molar-refractivity contribution in [3.05, 3.63) is 33.7 Å². The Kier molecular flexibility index (Phi) is 3.60. The first-order valence-electron chi connectivity index (χ1n) is 6.71. The van der Waals surface area contributed by atoms with Crippen LogP contribution in [0.5, 0.6) is 0 Å². The summed E-state index contributed by atoms with van der Waals surface area (Å²) in [4.78, 5) is 1.49. The molecule has 0 amide bonds. The lowest BCUT2D eigenvalue weighted by atomic mass is 10.1. The zero-order valence-electron chi connectivity index (χ0n) is 10.6. The van der Waals surface area contributed by atoms with E-state index in [1.807, 2.05) is 17.4 Å². The quantitative estimate of drug-likeness (QED) is 0.765. The number of hydrogen-bond acceptors (Lipinski definition) is 2. The van der Waals surface area contributed by atoms with Crippen LogP contribution >= 0.6 is 22.9 Å². The number of benzene rings is 1. The van der Waals surface area contributed by atoms with E-state index in [-0.39, 0.29) is 0 Å². The van der Waals surface area contributed by atoms with Crippen molar-refractivity contribution in [2.24, 2.45) is 0 Å². The number of hydrogen-bond donors (Lipinski definition) is 1. The highest BCUT2D eigenvalue weighted by Gasteiger charge is 2.29. The molecule has 1 N–H and O–H groups in total. The van der Waals surface area contributed by atoms with E-state index >= 15 is 0 Å². The maximum absolute atomic E-state index is 6.32. The number of halogens is 1. The van der Waals surface area contributed by atoms with E-state index in [9.17, 15) is 0 Å². The molecule has 3 rings (SSSR count). The predicted molar refractivity (Wildman–Crippen MR) is 80.8 cm³/mol. The van der Waals surface area contributed by atoms with Crippen LogP contribution in [-0.2, 0) is 6.54 Å². The van der Waals surface area contributed by atoms with Crippen molar-refractivity contribution in [3.8, 4) is 0 Å². The number of fused-ring (bicyclic) bond motifs is 1. The lowest BCUT2D eigenvalue weighted by molar-refractivity contribution is 0.678. The van der Waals surface area contributed by atoms with Crippen LogP contribution in [0.15, 0.2) is 18.2 Å². The van der Waals surface area contributed by atoms with Gasteiger partial charge in [-0.2, -0.15) is 0 Å². The van der Waals surface area contributed by atoms with Gasteiger partial charge in [-0.1, -0.05) is 30.7 Å². The molecule has 18 heavy (non-hydrogen) atoms. The Morgan fingerprint density at radius 1 is 1.39 bits per heavy atom. The minimum absolute atomic E-state index is 0.788. The third-order valence-corrected chi connectivity index (χ3v) is 5.16. The molecule has 1 nitrogen and oxygen atoms in total. The van der Waals surface area contributed by atoms with Gasteiger partial charge in [0, 0.05) is 11.4 Å². The second-order valence-corrected chi connectivity index (χ2v) is 6.52. The van der Waals surface area contributed by atoms with Gasteiger partial charge in [-0.05, 0) is 48.7 Å². The molecular formula is C15H18ClNS. The van der Waals surface area contributed by atoms with Crippen LogP contribution in [0, 0.1) is 0 Å². The van der Waals surface area contributed by atoms with Crippen molar-refractivity contribution in [1.29, 1.82) is 0 Å². The van der Waals surface area contributed by atoms with Crippen LogP contribution in [0.2, 0.25) is 5.02 Å². The second kappa shape index (κ2) is 5.20. The summed E-state index contributed by atoms with van der Waals surface area (Å²) < 4.78 is 1.27. The fourth-order valence-corrected chi connectivity index (χ4v) is 4.03. The third-order valence-electron chi connectivity index (χ3n) is 3.48. The highest BCUT2D eigenvalue weighted by atomic mass is 35.5. The molecule has 1 aliphatic carbocycles. The van der Waals surface area contributed by atoms with Crippen LogP contribution < -0.4 is 5.32 Å². The third kappa shape index (κ3) is 2.29. The minimum atomic E-state index is 0.788. The summed E-state index contributed by atoms with van der Waals surface area (Å²) in [7, 11) is 0. The molecular weight excluding hydrogens is 262 g/mol. The van der Waals surface area contributed by atoms with Crippen LogP contribution in [0.4, 0.5) is 0 Å². The first kappa shape index (κ1) is 12.5. The second-order valence-electron chi connectivity index (χ2n) is 5.01. The van der Waals surface area contributed by atoms with Crippen LogP contribution in [0.1, 0.15) is 42.5 Å². The van der Waals surface area contributed by atoms with Gasteiger partial charge in [0.05, 0.1) is 9.72 Å². The maximum Gasteiger partial charge on any atom is 0.0584 e. The maximum atomic E-state index is 6.32. The zero-order chi connectivity index (χ0) is 12.5. The van der Waals surface area contributed by atoms with E-state index in [4.69, 9.17) is 11.6 Å². The number of nitrogens with one attached hydrogen (secondary N) is 1. The molecule has 96 valence electrons. The molecule has 1 aromatic heterocycles. The Balaban J connectivity index is 2.01. The largest absolute Gasteiger partial charge is 0.312 e. The van der Waals surface area contributed by atoms with Gasteiger partial charge in [0.25, 0.3) is 0 Å². The van der Waals surface area contributed by atoms with E-state index in [0.29, 0.717) is 0 Å². The van der Waals surface area contributed by atoms with Gasteiger partial charge in [0.15, 0.2) is 0 Å². The summed E-state index contributed by atoms with van der Waals surface area (Å²) in [6, 6.07) is 6.31. The van der Waals surface area contributed by atoms with Gasteiger partial charge < -0.3 is 5.32 Å². The first-order valence-corrected chi connectivity index (χ1v) is 7.91. The Morgan fingerprint density at radius 2 is 2.22 bits per heavy atom. The molecule has 0 saturated heterocycles. The molecule has 3 heteroatoms. The van der Waals surface area contributed by atoms with Crippen LogP contribution in [0.25, 0.3) is 10.1 Å². The molecule has 0 atom stereocenters. The molecule has 1 aliphatic rings. The zero-order valence-corrected chi connectivity index (χ0v) is 12.2. The topological polar surface area (TPSA) is 12.0 Å². The van der Waals surface area contributed by atoms with Gasteiger partial charge in [0.1, 0.15) is 0 Å². The van der Waals surface area contributed by atoms with E-state index in [2.05, 4.69) is 24.4 Å². The molecule has 0 spiro atoms. The normalized spacial score (nSPS) is 15.4. The fraction of sp³-hybridized carbons (Fsp3) is 0.467. The number of rotatable bonds is 5. The van der Waals surface area contributed by atoms with E-state index in [1.54, 1.807) is 5.56 Å². The van der Waals surface area contributed by atoms with Gasteiger partial charge in [-0.3, -0.25) is 0 Å². The summed E-state index contributed by atoms with van der Waals surface area (Å²) in [5.74, 6) is 0.788. The van der Waals surface area contributed by atoms with Crippen molar-refractivity contribution in [3.63, 3.8) is 0 Å². The van der Waals surface area contributed by atoms with Gasteiger partial charge in [0.2, 0.25) is 0 Å². The predicted octanol–water partition coefficient (Wildman–Crippen LogP) is 4.93. The van der Waals surface area contributed by atoms with E-state index < -0.39 is 0 Å². The van der Waals surface area contributed by atoms with Crippen molar-refractivity contribution in [2.75, 3.05) is 6.54 Å². The summed E-state index contributed by atoms with van der Waals surface area (Å²) in [5, 5.41) is 5.82. The molecule has 0 radical (unpaired) electrons. The lowest BCUT2D eigenvalue weighted by Gasteiger charge is -2.04. The van der Waals surface area contributed by atoms with Crippen molar-refractivity contribution in [1.82, 2.24) is 5.32 Å². The van der Waals surface area contributed by atoms with Crippen molar-refractivity contribution < 1.29 is 0 Å². The Bertz CT molecular complexity index is 557. The highest BCUT2D eigenvalue weighted by Crippen LogP contribution is 2.49. The van der Waals surface area contributed by atoms with E-state index in [0.717, 1.165) is 24.0 Å². The average Bonchev–Trinajstić information content (AvgIpc) is 3.12. The molecule has 0 unspecified atom stereocenters. The minimum Gasteiger partial charge on any atom is -0.312 e. The summed E-state index contributed by atoms with van der Waals surface area (Å²) in [6.07, 6.45) is 3.88. The molecule has 2 aromatic rings. The smallest absolute Gasteiger partial charge is 0.0584 e. The van der Waals surface area contributed by atoms with E-state index in [1.165, 1.54) is 34.2 Å². The van der Waals surface area contributed by atoms with Crippen molar-refractivity contribution >= 4 is 33.0 Å². The van der Waals surface area contributed by atoms with Gasteiger partial charge in [-0.25, -0.2) is 0 Å². The summed E-state index contributed by atoms with van der Waals surface area (Å²) in [5.41, 5.74) is 1.57. The molecule has 1 aromatic carbocycles. The Hall–Kier alpha value is -0.570. The van der Waals surface area contributed by atoms with Gasteiger partial charge in [-0.15, -0.1) is 11.3 Å². The van der Waals surface area contributed by atoms with Crippen LogP contribution in [0.3, 0.4) is 0 Å². The highest BCUT2D eigenvalue weighted by molar-refractivity contribution is 7.20. The standard InChI is InChI=1S/C15H18ClNS/c1-2-8-17-9-13-14(10-6-7-10)11-4-3-5-12(16)15(11)18-13/h3-5,10,17H,2,6-9H2,1H3.